The number of hydrogen-bond acceptors (Lipinski definition) is 3. The lowest BCUT2D eigenvalue weighted by molar-refractivity contribution is -0.131. The molecule has 1 fully saturated rings. The highest BCUT2D eigenvalue weighted by Gasteiger charge is 2.29. The van der Waals surface area contributed by atoms with E-state index in [4.69, 9.17) is 0 Å². The Bertz CT molecular complexity index is 632. The standard InChI is InChI=1S/C15H21NO3S/c1-10-8-11(2)13(4)15(12(10)3)20(18,19)9-14(17)16-6-5-7-16/h8H,5-7,9H2,1-4H3. The molecular weight excluding hydrogens is 274 g/mol. The highest BCUT2D eigenvalue weighted by Crippen LogP contribution is 2.27. The van der Waals surface area contributed by atoms with E-state index in [9.17, 15) is 13.2 Å². The van der Waals surface area contributed by atoms with Crippen LogP contribution in [0.4, 0.5) is 0 Å². The van der Waals surface area contributed by atoms with Crippen LogP contribution in [0.2, 0.25) is 0 Å². The molecule has 20 heavy (non-hydrogen) atoms. The minimum atomic E-state index is -3.58. The number of sulfone groups is 1. The first kappa shape index (κ1) is 15.0. The Morgan fingerprint density at radius 1 is 1.10 bits per heavy atom. The summed E-state index contributed by atoms with van der Waals surface area (Å²) in [5.41, 5.74) is 3.40. The minimum Gasteiger partial charge on any atom is -0.342 e. The number of benzene rings is 1. The SMILES string of the molecule is Cc1cc(C)c(C)c(S(=O)(=O)CC(=O)N2CCC2)c1C. The number of carbonyl (C=O) groups is 1. The Kier molecular flexibility index (Phi) is 3.91. The van der Waals surface area contributed by atoms with Gasteiger partial charge in [0.25, 0.3) is 0 Å². The summed E-state index contributed by atoms with van der Waals surface area (Å²) in [6.45, 7) is 8.78. The Balaban J connectivity index is 2.41. The predicted molar refractivity (Wildman–Crippen MR) is 78.6 cm³/mol. The van der Waals surface area contributed by atoms with Crippen molar-refractivity contribution >= 4 is 15.7 Å². The van der Waals surface area contributed by atoms with E-state index in [1.54, 1.807) is 4.90 Å². The van der Waals surface area contributed by atoms with Gasteiger partial charge in [0.15, 0.2) is 9.84 Å². The van der Waals surface area contributed by atoms with E-state index in [0.717, 1.165) is 28.7 Å². The van der Waals surface area contributed by atoms with Crippen LogP contribution in [0.25, 0.3) is 0 Å². The second-order valence-electron chi connectivity index (χ2n) is 5.58. The fourth-order valence-corrected chi connectivity index (χ4v) is 4.45. The zero-order valence-electron chi connectivity index (χ0n) is 12.5. The Hall–Kier alpha value is -1.36. The van der Waals surface area contributed by atoms with Crippen LogP contribution in [0.5, 0.6) is 0 Å². The van der Waals surface area contributed by atoms with Crippen molar-refractivity contribution in [2.45, 2.75) is 39.0 Å². The number of hydrogen-bond donors (Lipinski definition) is 0. The molecule has 1 saturated heterocycles. The Morgan fingerprint density at radius 3 is 2.00 bits per heavy atom. The second kappa shape index (κ2) is 5.20. The zero-order valence-corrected chi connectivity index (χ0v) is 13.3. The molecule has 0 spiro atoms. The van der Waals surface area contributed by atoms with Crippen molar-refractivity contribution in [3.05, 3.63) is 28.3 Å². The van der Waals surface area contributed by atoms with Crippen molar-refractivity contribution in [1.29, 1.82) is 0 Å². The molecule has 0 saturated carbocycles. The summed E-state index contributed by atoms with van der Waals surface area (Å²) in [5, 5.41) is 0. The van der Waals surface area contributed by atoms with Crippen molar-refractivity contribution in [3.8, 4) is 0 Å². The molecule has 4 nitrogen and oxygen atoms in total. The summed E-state index contributed by atoms with van der Waals surface area (Å²) >= 11 is 0. The molecule has 1 aromatic rings. The Morgan fingerprint density at radius 2 is 1.60 bits per heavy atom. The van der Waals surface area contributed by atoms with E-state index in [1.165, 1.54) is 0 Å². The van der Waals surface area contributed by atoms with Gasteiger partial charge in [-0.05, 0) is 56.4 Å². The molecule has 1 heterocycles. The fourth-order valence-electron chi connectivity index (χ4n) is 2.54. The van der Waals surface area contributed by atoms with Crippen molar-refractivity contribution in [3.63, 3.8) is 0 Å². The van der Waals surface area contributed by atoms with Crippen molar-refractivity contribution < 1.29 is 13.2 Å². The second-order valence-corrected chi connectivity index (χ2v) is 7.51. The van der Waals surface area contributed by atoms with Gasteiger partial charge in [0, 0.05) is 13.1 Å². The van der Waals surface area contributed by atoms with Crippen LogP contribution in [0, 0.1) is 27.7 Å². The van der Waals surface area contributed by atoms with Gasteiger partial charge in [0.2, 0.25) is 5.91 Å². The van der Waals surface area contributed by atoms with Crippen molar-refractivity contribution in [2.75, 3.05) is 18.8 Å². The van der Waals surface area contributed by atoms with Gasteiger partial charge in [0.1, 0.15) is 5.75 Å². The summed E-state index contributed by atoms with van der Waals surface area (Å²) in [7, 11) is -3.58. The molecule has 0 atom stereocenters. The monoisotopic (exact) mass is 295 g/mol. The molecule has 110 valence electrons. The number of aryl methyl sites for hydroxylation is 2. The van der Waals surface area contributed by atoms with Crippen LogP contribution >= 0.6 is 0 Å². The lowest BCUT2D eigenvalue weighted by atomic mass is 10.0. The minimum absolute atomic E-state index is 0.283. The third kappa shape index (κ3) is 2.59. The Labute approximate surface area is 120 Å². The molecule has 0 N–H and O–H groups in total. The predicted octanol–water partition coefficient (Wildman–Crippen LogP) is 1.93. The summed E-state index contributed by atoms with van der Waals surface area (Å²) in [4.78, 5) is 13.9. The van der Waals surface area contributed by atoms with Crippen LogP contribution in [0.1, 0.15) is 28.7 Å². The first-order valence-electron chi connectivity index (χ1n) is 6.82. The first-order valence-corrected chi connectivity index (χ1v) is 8.47. The van der Waals surface area contributed by atoms with Crippen LogP contribution in [0.3, 0.4) is 0 Å². The van der Waals surface area contributed by atoms with Gasteiger partial charge in [-0.2, -0.15) is 0 Å². The average molecular weight is 295 g/mol. The highest BCUT2D eigenvalue weighted by atomic mass is 32.2. The maximum atomic E-state index is 12.6. The van der Waals surface area contributed by atoms with Gasteiger partial charge in [-0.15, -0.1) is 0 Å². The van der Waals surface area contributed by atoms with Crippen molar-refractivity contribution in [2.24, 2.45) is 0 Å². The zero-order chi connectivity index (χ0) is 15.1. The van der Waals surface area contributed by atoms with Gasteiger partial charge in [0.05, 0.1) is 4.90 Å². The normalized spacial score (nSPS) is 15.1. The number of amides is 1. The van der Waals surface area contributed by atoms with E-state index in [0.29, 0.717) is 18.0 Å². The van der Waals surface area contributed by atoms with E-state index >= 15 is 0 Å². The molecule has 5 heteroatoms. The molecule has 1 aromatic carbocycles. The first-order chi connectivity index (χ1) is 9.24. The molecule has 1 aliphatic rings. The largest absolute Gasteiger partial charge is 0.342 e. The fraction of sp³-hybridized carbons (Fsp3) is 0.533. The maximum Gasteiger partial charge on any atom is 0.238 e. The molecular formula is C15H21NO3S. The average Bonchev–Trinajstić information content (AvgIpc) is 2.22. The number of carbonyl (C=O) groups excluding carboxylic acids is 1. The summed E-state index contributed by atoms with van der Waals surface area (Å²) < 4.78 is 25.2. The number of rotatable bonds is 3. The van der Waals surface area contributed by atoms with E-state index in [2.05, 4.69) is 0 Å². The molecule has 2 rings (SSSR count). The third-order valence-corrected chi connectivity index (χ3v) is 5.99. The van der Waals surface area contributed by atoms with Gasteiger partial charge in [-0.1, -0.05) is 6.07 Å². The van der Waals surface area contributed by atoms with Gasteiger partial charge >= 0.3 is 0 Å². The maximum absolute atomic E-state index is 12.6. The molecule has 0 unspecified atom stereocenters. The molecule has 0 aliphatic carbocycles. The van der Waals surface area contributed by atoms with E-state index in [1.807, 2.05) is 33.8 Å². The lowest BCUT2D eigenvalue weighted by Crippen LogP contribution is -2.44. The molecule has 1 aliphatic heterocycles. The number of nitrogens with zero attached hydrogens (tertiary/aromatic N) is 1. The molecule has 0 radical (unpaired) electrons. The summed E-state index contributed by atoms with van der Waals surface area (Å²) in [5.74, 6) is -0.702. The van der Waals surface area contributed by atoms with Crippen molar-refractivity contribution in [1.82, 2.24) is 4.90 Å². The topological polar surface area (TPSA) is 54.5 Å². The van der Waals surface area contributed by atoms with E-state index < -0.39 is 15.6 Å². The number of likely N-dealkylation sites (tertiary alicyclic amines) is 1. The van der Waals surface area contributed by atoms with Crippen LogP contribution in [0.15, 0.2) is 11.0 Å². The highest BCUT2D eigenvalue weighted by molar-refractivity contribution is 7.92. The third-order valence-electron chi connectivity index (χ3n) is 4.13. The van der Waals surface area contributed by atoms with Gasteiger partial charge in [-0.25, -0.2) is 8.42 Å². The smallest absolute Gasteiger partial charge is 0.238 e. The summed E-state index contributed by atoms with van der Waals surface area (Å²) in [6.07, 6.45) is 0.966. The van der Waals surface area contributed by atoms with E-state index in [-0.39, 0.29) is 5.91 Å². The van der Waals surface area contributed by atoms with Crippen LogP contribution in [-0.2, 0) is 14.6 Å². The van der Waals surface area contributed by atoms with Gasteiger partial charge in [-0.3, -0.25) is 4.79 Å². The summed E-state index contributed by atoms with van der Waals surface area (Å²) in [6, 6.07) is 1.99. The molecule has 0 aromatic heterocycles. The lowest BCUT2D eigenvalue weighted by Gasteiger charge is -2.31. The van der Waals surface area contributed by atoms with Gasteiger partial charge < -0.3 is 4.90 Å². The molecule has 0 bridgehead atoms. The van der Waals surface area contributed by atoms with Crippen LogP contribution < -0.4 is 0 Å². The van der Waals surface area contributed by atoms with Crippen LogP contribution in [-0.4, -0.2) is 38.1 Å². The molecule has 1 amide bonds. The quantitative estimate of drug-likeness (QED) is 0.856.